The molecule has 0 spiro atoms. The van der Waals surface area contributed by atoms with E-state index in [-0.39, 0.29) is 0 Å². The van der Waals surface area contributed by atoms with Crippen LogP contribution in [0.1, 0.15) is 28.0 Å². The molecule has 0 amide bonds. The van der Waals surface area contributed by atoms with Crippen molar-refractivity contribution < 1.29 is 4.52 Å². The van der Waals surface area contributed by atoms with Crippen molar-refractivity contribution in [3.8, 4) is 0 Å². The highest BCUT2D eigenvalue weighted by Crippen LogP contribution is 2.36. The average molecular weight is 467 g/mol. The van der Waals surface area contributed by atoms with Gasteiger partial charge in [-0.25, -0.2) is 9.97 Å². The van der Waals surface area contributed by atoms with E-state index in [4.69, 9.17) is 14.5 Å². The predicted molar refractivity (Wildman–Crippen MR) is 129 cm³/mol. The highest BCUT2D eigenvalue weighted by Gasteiger charge is 2.24. The van der Waals surface area contributed by atoms with E-state index in [2.05, 4.69) is 58.1 Å². The van der Waals surface area contributed by atoms with Crippen molar-refractivity contribution in [2.24, 2.45) is 0 Å². The summed E-state index contributed by atoms with van der Waals surface area (Å²) in [5.74, 6) is 4.11. The second-order valence-electron chi connectivity index (χ2n) is 8.03. The molecule has 0 saturated carbocycles. The minimum absolute atomic E-state index is 0.685. The molecule has 1 aliphatic heterocycles. The standard InChI is InChI=1S/C23H26N6OS2/c1-15-16(2)32-23-21(15)22(25-19(26-23)14-31-18-7-5-4-6-8-18)29-11-9-28(10-12-29)13-20-24-17(3)27-30-20/h4-8H,9-14H2,1-3H3. The molecule has 0 atom stereocenters. The van der Waals surface area contributed by atoms with Crippen molar-refractivity contribution in [1.82, 2.24) is 25.0 Å². The Labute approximate surface area is 195 Å². The molecular formula is C23H26N6OS2. The number of hydrogen-bond donors (Lipinski definition) is 0. The van der Waals surface area contributed by atoms with Crippen molar-refractivity contribution in [2.75, 3.05) is 31.1 Å². The third kappa shape index (κ3) is 4.51. The summed E-state index contributed by atoms with van der Waals surface area (Å²) in [6.45, 7) is 10.6. The number of nitrogens with zero attached hydrogens (tertiary/aromatic N) is 6. The lowest BCUT2D eigenvalue weighted by atomic mass is 10.2. The van der Waals surface area contributed by atoms with Crippen LogP contribution in [0.25, 0.3) is 10.2 Å². The van der Waals surface area contributed by atoms with Crippen LogP contribution in [0.2, 0.25) is 0 Å². The molecule has 0 radical (unpaired) electrons. The predicted octanol–water partition coefficient (Wildman–Crippen LogP) is 4.61. The molecule has 1 aromatic carbocycles. The van der Waals surface area contributed by atoms with Gasteiger partial charge < -0.3 is 9.42 Å². The molecule has 0 aliphatic carbocycles. The lowest BCUT2D eigenvalue weighted by Gasteiger charge is -2.35. The van der Waals surface area contributed by atoms with E-state index in [1.54, 1.807) is 23.1 Å². The van der Waals surface area contributed by atoms with Crippen LogP contribution in [0.15, 0.2) is 39.8 Å². The Balaban J connectivity index is 1.36. The van der Waals surface area contributed by atoms with Gasteiger partial charge in [0.2, 0.25) is 5.89 Å². The summed E-state index contributed by atoms with van der Waals surface area (Å²) in [6.07, 6.45) is 0. The van der Waals surface area contributed by atoms with Gasteiger partial charge in [0, 0.05) is 36.0 Å². The first kappa shape index (κ1) is 21.4. The Hall–Kier alpha value is -2.49. The van der Waals surface area contributed by atoms with E-state index in [0.29, 0.717) is 18.3 Å². The molecule has 4 aromatic rings. The summed E-state index contributed by atoms with van der Waals surface area (Å²) in [4.78, 5) is 22.7. The average Bonchev–Trinajstić information content (AvgIpc) is 3.35. The maximum Gasteiger partial charge on any atom is 0.240 e. The number of aryl methyl sites for hydroxylation is 3. The molecule has 1 aliphatic rings. The van der Waals surface area contributed by atoms with E-state index in [0.717, 1.165) is 48.4 Å². The molecule has 0 N–H and O–H groups in total. The number of thioether (sulfide) groups is 1. The summed E-state index contributed by atoms with van der Waals surface area (Å²) in [5, 5.41) is 5.11. The van der Waals surface area contributed by atoms with Gasteiger partial charge >= 0.3 is 0 Å². The van der Waals surface area contributed by atoms with Crippen LogP contribution in [-0.2, 0) is 12.3 Å². The van der Waals surface area contributed by atoms with Gasteiger partial charge in [0.1, 0.15) is 16.5 Å². The lowest BCUT2D eigenvalue weighted by molar-refractivity contribution is 0.215. The van der Waals surface area contributed by atoms with Crippen LogP contribution in [0.5, 0.6) is 0 Å². The topological polar surface area (TPSA) is 71.2 Å². The molecule has 5 rings (SSSR count). The molecule has 32 heavy (non-hydrogen) atoms. The van der Waals surface area contributed by atoms with Crippen LogP contribution in [-0.4, -0.2) is 51.2 Å². The van der Waals surface area contributed by atoms with Crippen molar-refractivity contribution in [3.05, 3.63) is 58.3 Å². The van der Waals surface area contributed by atoms with Gasteiger partial charge in [-0.2, -0.15) is 4.98 Å². The number of fused-ring (bicyclic) bond motifs is 1. The van der Waals surface area contributed by atoms with Crippen molar-refractivity contribution >= 4 is 39.1 Å². The zero-order valence-electron chi connectivity index (χ0n) is 18.5. The lowest BCUT2D eigenvalue weighted by Crippen LogP contribution is -2.46. The Morgan fingerprint density at radius 1 is 1.00 bits per heavy atom. The number of aromatic nitrogens is 4. The fourth-order valence-corrected chi connectivity index (χ4v) is 5.76. The fraction of sp³-hybridized carbons (Fsp3) is 0.391. The summed E-state index contributed by atoms with van der Waals surface area (Å²) in [6, 6.07) is 10.4. The molecule has 1 fully saturated rings. The monoisotopic (exact) mass is 466 g/mol. The van der Waals surface area contributed by atoms with Crippen molar-refractivity contribution in [1.29, 1.82) is 0 Å². The molecular weight excluding hydrogens is 440 g/mol. The first-order valence-electron chi connectivity index (χ1n) is 10.8. The van der Waals surface area contributed by atoms with Crippen LogP contribution in [0.3, 0.4) is 0 Å². The molecule has 9 heteroatoms. The number of rotatable bonds is 6. The SMILES string of the molecule is Cc1noc(CN2CCN(c3nc(CSc4ccccc4)nc4sc(C)c(C)c34)CC2)n1. The summed E-state index contributed by atoms with van der Waals surface area (Å²) >= 11 is 3.55. The maximum absolute atomic E-state index is 5.30. The third-order valence-corrected chi connectivity index (χ3v) is 7.88. The van der Waals surface area contributed by atoms with E-state index < -0.39 is 0 Å². The molecule has 4 heterocycles. The van der Waals surface area contributed by atoms with E-state index >= 15 is 0 Å². The van der Waals surface area contributed by atoms with Gasteiger partial charge in [0.15, 0.2) is 5.82 Å². The Kier molecular flexibility index (Phi) is 6.12. The van der Waals surface area contributed by atoms with Gasteiger partial charge in [-0.15, -0.1) is 23.1 Å². The number of thiophene rings is 1. The van der Waals surface area contributed by atoms with Crippen LogP contribution >= 0.6 is 23.1 Å². The number of hydrogen-bond acceptors (Lipinski definition) is 9. The van der Waals surface area contributed by atoms with Gasteiger partial charge in [-0.05, 0) is 38.5 Å². The van der Waals surface area contributed by atoms with Crippen molar-refractivity contribution in [3.63, 3.8) is 0 Å². The van der Waals surface area contributed by atoms with Gasteiger partial charge in [0.05, 0.1) is 17.7 Å². The normalized spacial score (nSPS) is 15.0. The number of anilines is 1. The maximum atomic E-state index is 5.30. The molecule has 0 bridgehead atoms. The van der Waals surface area contributed by atoms with Gasteiger partial charge in [-0.3, -0.25) is 4.90 Å². The number of benzene rings is 1. The minimum Gasteiger partial charge on any atom is -0.353 e. The first-order valence-corrected chi connectivity index (χ1v) is 12.6. The van der Waals surface area contributed by atoms with Crippen LogP contribution < -0.4 is 4.90 Å². The quantitative estimate of drug-likeness (QED) is 0.382. The molecule has 0 unspecified atom stereocenters. The Morgan fingerprint density at radius 3 is 2.50 bits per heavy atom. The molecule has 1 saturated heterocycles. The van der Waals surface area contributed by atoms with E-state index in [1.165, 1.54) is 20.7 Å². The highest BCUT2D eigenvalue weighted by molar-refractivity contribution is 7.98. The summed E-state index contributed by atoms with van der Waals surface area (Å²) in [5.41, 5.74) is 1.30. The van der Waals surface area contributed by atoms with Gasteiger partial charge in [0.25, 0.3) is 0 Å². The highest BCUT2D eigenvalue weighted by atomic mass is 32.2. The summed E-state index contributed by atoms with van der Waals surface area (Å²) in [7, 11) is 0. The van der Waals surface area contributed by atoms with Gasteiger partial charge in [-0.1, -0.05) is 23.4 Å². The largest absolute Gasteiger partial charge is 0.353 e. The second-order valence-corrected chi connectivity index (χ2v) is 10.3. The third-order valence-electron chi connectivity index (χ3n) is 5.77. The van der Waals surface area contributed by atoms with E-state index in [1.807, 2.05) is 13.0 Å². The fourth-order valence-electron chi connectivity index (χ4n) is 3.94. The summed E-state index contributed by atoms with van der Waals surface area (Å²) < 4.78 is 5.30. The van der Waals surface area contributed by atoms with Crippen LogP contribution in [0, 0.1) is 20.8 Å². The molecule has 3 aromatic heterocycles. The first-order chi connectivity index (χ1) is 15.6. The van der Waals surface area contributed by atoms with Crippen molar-refractivity contribution in [2.45, 2.75) is 38.0 Å². The zero-order valence-corrected chi connectivity index (χ0v) is 20.2. The van der Waals surface area contributed by atoms with Crippen LogP contribution in [0.4, 0.5) is 5.82 Å². The smallest absolute Gasteiger partial charge is 0.240 e. The molecule has 166 valence electrons. The Bertz CT molecular complexity index is 1210. The second kappa shape index (κ2) is 9.17. The molecule has 7 nitrogen and oxygen atoms in total. The minimum atomic E-state index is 0.685. The van der Waals surface area contributed by atoms with E-state index in [9.17, 15) is 0 Å². The zero-order chi connectivity index (χ0) is 22.1. The number of piperazine rings is 1. The Morgan fingerprint density at radius 2 is 1.78 bits per heavy atom.